The van der Waals surface area contributed by atoms with Crippen molar-refractivity contribution in [3.8, 4) is 55.6 Å². The Bertz CT molecular complexity index is 3680. The number of hydrogen-bond acceptors (Lipinski definition) is 1. The minimum Gasteiger partial charge on any atom is -0.310 e. The van der Waals surface area contributed by atoms with E-state index >= 15 is 0 Å². The van der Waals surface area contributed by atoms with E-state index in [-0.39, 0.29) is 11.3 Å². The second-order valence-electron chi connectivity index (χ2n) is 18.5. The predicted octanol–water partition coefficient (Wildman–Crippen LogP) is 17.8. The fraction of sp³-hybridized carbons (Fsp3) is 0.0448. The van der Waals surface area contributed by atoms with Crippen LogP contribution >= 0.6 is 0 Å². The summed E-state index contributed by atoms with van der Waals surface area (Å²) in [7, 11) is 0. The Labute approximate surface area is 398 Å². The van der Waals surface area contributed by atoms with Crippen molar-refractivity contribution in [2.45, 2.75) is 18.3 Å². The van der Waals surface area contributed by atoms with Crippen LogP contribution in [0.15, 0.2) is 261 Å². The molecule has 0 spiro atoms. The van der Waals surface area contributed by atoms with Crippen LogP contribution in [0.5, 0.6) is 0 Å². The van der Waals surface area contributed by atoms with Gasteiger partial charge in [-0.2, -0.15) is 0 Å². The van der Waals surface area contributed by atoms with E-state index in [1.807, 2.05) is 0 Å². The first kappa shape index (κ1) is 39.8. The summed E-state index contributed by atoms with van der Waals surface area (Å²) in [5, 5.41) is 2.47. The Hall–Kier alpha value is -8.52. The lowest BCUT2D eigenvalue weighted by Gasteiger charge is -2.32. The predicted molar refractivity (Wildman–Crippen MR) is 285 cm³/mol. The molecule has 2 aliphatic rings. The van der Waals surface area contributed by atoms with Crippen LogP contribution in [0.25, 0.3) is 66.4 Å². The Morgan fingerprint density at radius 3 is 1.68 bits per heavy atom. The molecular formula is C67H47N. The second-order valence-corrected chi connectivity index (χ2v) is 18.5. The largest absolute Gasteiger partial charge is 0.310 e. The first-order valence-electron chi connectivity index (χ1n) is 23.8. The molecule has 0 saturated heterocycles. The highest BCUT2D eigenvalue weighted by atomic mass is 15.1. The van der Waals surface area contributed by atoms with Gasteiger partial charge in [-0.3, -0.25) is 0 Å². The van der Waals surface area contributed by atoms with Crippen molar-refractivity contribution in [1.29, 1.82) is 0 Å². The molecule has 1 nitrogen and oxygen atoms in total. The van der Waals surface area contributed by atoms with Crippen molar-refractivity contribution in [1.82, 2.24) is 0 Å². The van der Waals surface area contributed by atoms with E-state index in [1.54, 1.807) is 0 Å². The monoisotopic (exact) mass is 865 g/mol. The van der Waals surface area contributed by atoms with Crippen LogP contribution in [-0.4, -0.2) is 0 Å². The van der Waals surface area contributed by atoms with E-state index in [9.17, 15) is 0 Å². The number of fused-ring (bicyclic) bond motifs is 7. The van der Waals surface area contributed by atoms with Gasteiger partial charge in [-0.05, 0) is 138 Å². The molecule has 0 amide bonds. The molecule has 0 radical (unpaired) electrons. The van der Waals surface area contributed by atoms with Crippen LogP contribution in [0.3, 0.4) is 0 Å². The van der Waals surface area contributed by atoms with Crippen molar-refractivity contribution >= 4 is 27.8 Å². The molecule has 0 saturated carbocycles. The number of nitrogens with zero attached hydrogens (tertiary/aromatic N) is 1. The van der Waals surface area contributed by atoms with Gasteiger partial charge in [0.1, 0.15) is 0 Å². The van der Waals surface area contributed by atoms with Crippen molar-refractivity contribution in [2.75, 3.05) is 4.90 Å². The van der Waals surface area contributed by atoms with E-state index in [4.69, 9.17) is 0 Å². The zero-order valence-corrected chi connectivity index (χ0v) is 37.9. The maximum atomic E-state index is 2.49. The minimum absolute atomic E-state index is 0.192. The van der Waals surface area contributed by atoms with Gasteiger partial charge in [-0.15, -0.1) is 0 Å². The highest BCUT2D eigenvalue weighted by Gasteiger charge is 2.41. The lowest BCUT2D eigenvalue weighted by Crippen LogP contribution is -2.22. The molecular weight excluding hydrogens is 819 g/mol. The topological polar surface area (TPSA) is 3.24 Å². The zero-order chi connectivity index (χ0) is 45.2. The Morgan fingerprint density at radius 2 is 0.897 bits per heavy atom. The fourth-order valence-electron chi connectivity index (χ4n) is 11.6. The summed E-state index contributed by atoms with van der Waals surface area (Å²) >= 11 is 0. The summed E-state index contributed by atoms with van der Waals surface area (Å²) in [6.07, 6.45) is 0. The summed E-state index contributed by atoms with van der Waals surface area (Å²) in [4.78, 5) is 2.49. The van der Waals surface area contributed by atoms with Gasteiger partial charge in [-0.25, -0.2) is 0 Å². The molecule has 0 N–H and O–H groups in total. The third kappa shape index (κ3) is 6.31. The number of anilines is 3. The summed E-state index contributed by atoms with van der Waals surface area (Å²) in [6, 6.07) is 96.6. The maximum Gasteiger partial charge on any atom is 0.0540 e. The van der Waals surface area contributed by atoms with Crippen LogP contribution in [0.4, 0.5) is 17.1 Å². The van der Waals surface area contributed by atoms with Gasteiger partial charge in [0.15, 0.2) is 0 Å². The Balaban J connectivity index is 0.992. The van der Waals surface area contributed by atoms with Crippen LogP contribution < -0.4 is 4.90 Å². The van der Waals surface area contributed by atoms with Crippen LogP contribution in [0, 0.1) is 0 Å². The van der Waals surface area contributed by atoms with E-state index in [1.165, 1.54) is 99.8 Å². The van der Waals surface area contributed by atoms with Gasteiger partial charge >= 0.3 is 0 Å². The Morgan fingerprint density at radius 1 is 0.338 bits per heavy atom. The lowest BCUT2D eigenvalue weighted by molar-refractivity contribution is 0.714. The molecule has 320 valence electrons. The highest BCUT2D eigenvalue weighted by molar-refractivity contribution is 6.09. The Kier molecular flexibility index (Phi) is 9.44. The summed E-state index contributed by atoms with van der Waals surface area (Å²) < 4.78 is 0. The molecule has 2 aliphatic carbocycles. The molecule has 2 atom stereocenters. The van der Waals surface area contributed by atoms with Gasteiger partial charge in [0, 0.05) is 28.3 Å². The van der Waals surface area contributed by atoms with Crippen molar-refractivity contribution in [2.24, 2.45) is 0 Å². The van der Waals surface area contributed by atoms with Crippen LogP contribution in [-0.2, 0) is 5.41 Å². The number of para-hydroxylation sites is 1. The molecule has 2 unspecified atom stereocenters. The third-order valence-corrected chi connectivity index (χ3v) is 14.8. The van der Waals surface area contributed by atoms with E-state index in [0.717, 1.165) is 17.1 Å². The highest BCUT2D eigenvalue weighted by Crippen LogP contribution is 2.55. The molecule has 11 aromatic rings. The first-order chi connectivity index (χ1) is 33.6. The normalized spacial score (nSPS) is 15.3. The van der Waals surface area contributed by atoms with Gasteiger partial charge in [0.25, 0.3) is 0 Å². The van der Waals surface area contributed by atoms with E-state index in [2.05, 4.69) is 273 Å². The molecule has 0 aliphatic heterocycles. The van der Waals surface area contributed by atoms with E-state index in [0.29, 0.717) is 0 Å². The molecule has 13 rings (SSSR count). The number of benzene rings is 11. The minimum atomic E-state index is -0.344. The number of rotatable bonds is 8. The van der Waals surface area contributed by atoms with Crippen molar-refractivity contribution in [3.05, 3.63) is 294 Å². The molecule has 0 aromatic heterocycles. The third-order valence-electron chi connectivity index (χ3n) is 14.8. The smallest absolute Gasteiger partial charge is 0.0540 e. The van der Waals surface area contributed by atoms with Gasteiger partial charge < -0.3 is 4.90 Å². The van der Waals surface area contributed by atoms with Crippen LogP contribution in [0.1, 0.15) is 46.2 Å². The molecule has 0 bridgehead atoms. The second kappa shape index (κ2) is 16.1. The van der Waals surface area contributed by atoms with Gasteiger partial charge in [0.2, 0.25) is 0 Å². The summed E-state index contributed by atoms with van der Waals surface area (Å²) in [6.45, 7) is 2.41. The molecule has 1 heteroatoms. The summed E-state index contributed by atoms with van der Waals surface area (Å²) in [5.74, 6) is 0.192. The summed E-state index contributed by atoms with van der Waals surface area (Å²) in [5.41, 5.74) is 23.4. The zero-order valence-electron chi connectivity index (χ0n) is 37.9. The molecule has 68 heavy (non-hydrogen) atoms. The first-order valence-corrected chi connectivity index (χ1v) is 23.8. The fourth-order valence-corrected chi connectivity index (χ4v) is 11.6. The molecule has 0 heterocycles. The molecule has 11 aromatic carbocycles. The lowest BCUT2D eigenvalue weighted by atomic mass is 9.74. The van der Waals surface area contributed by atoms with E-state index < -0.39 is 0 Å². The SMILES string of the molecule is CC1(c2ccccc2)c2ccccc2-c2ccc(N(c3ccc(-c4ccc5c(c4)C(c4ccccc4)c4ccccc4-5)cc3)c3ccccc3-c3cccc4cccc(-c5ccccc5)c34)cc21. The van der Waals surface area contributed by atoms with Crippen LogP contribution in [0.2, 0.25) is 0 Å². The standard InChI is InChI=1S/C67H47N/c1-67(50-25-9-4-10-26-50)62-33-15-13-28-56(62)57-42-40-52(44-63(57)67)68(64-34-16-14-29-58(64)60-32-18-24-48-23-17-31-53(65(48)60)46-19-5-2-6-20-46)51-38-35-45(36-39-51)49-37-41-55-54-27-11-12-30-59(54)66(61(55)43-49)47-21-7-3-8-22-47/h2-44,66H,1H3. The number of hydrogen-bond donors (Lipinski definition) is 0. The average molecular weight is 866 g/mol. The van der Waals surface area contributed by atoms with Crippen molar-refractivity contribution < 1.29 is 0 Å². The average Bonchev–Trinajstić information content (AvgIpc) is 3.88. The maximum absolute atomic E-state index is 2.49. The van der Waals surface area contributed by atoms with Gasteiger partial charge in [0.05, 0.1) is 5.69 Å². The quantitative estimate of drug-likeness (QED) is 0.147. The molecule has 0 fully saturated rings. The van der Waals surface area contributed by atoms with Crippen molar-refractivity contribution in [3.63, 3.8) is 0 Å². The van der Waals surface area contributed by atoms with Gasteiger partial charge in [-0.1, -0.05) is 224 Å².